The van der Waals surface area contributed by atoms with Crippen LogP contribution in [0.4, 0.5) is 0 Å². The van der Waals surface area contributed by atoms with E-state index in [0.29, 0.717) is 6.04 Å². The van der Waals surface area contributed by atoms with Crippen LogP contribution in [0.15, 0.2) is 0 Å². The highest BCUT2D eigenvalue weighted by Crippen LogP contribution is 2.44. The zero-order valence-electron chi connectivity index (χ0n) is 7.47. The number of fused-ring (bicyclic) bond motifs is 1. The lowest BCUT2D eigenvalue weighted by molar-refractivity contribution is -0.119. The van der Waals surface area contributed by atoms with Crippen molar-refractivity contribution in [3.8, 4) is 0 Å². The average molecular weight is 168 g/mol. The third-order valence-corrected chi connectivity index (χ3v) is 3.01. The molecule has 1 aliphatic carbocycles. The van der Waals surface area contributed by atoms with Gasteiger partial charge in [-0.1, -0.05) is 0 Å². The van der Waals surface area contributed by atoms with Gasteiger partial charge in [-0.2, -0.15) is 0 Å². The van der Waals surface area contributed by atoms with Crippen LogP contribution in [-0.2, 0) is 4.79 Å². The summed E-state index contributed by atoms with van der Waals surface area (Å²) in [7, 11) is 0. The molecule has 2 rings (SSSR count). The van der Waals surface area contributed by atoms with Crippen LogP contribution in [0.5, 0.6) is 0 Å². The van der Waals surface area contributed by atoms with Crippen molar-refractivity contribution in [3.63, 3.8) is 0 Å². The van der Waals surface area contributed by atoms with Gasteiger partial charge in [-0.25, -0.2) is 0 Å². The van der Waals surface area contributed by atoms with E-state index in [9.17, 15) is 4.79 Å². The van der Waals surface area contributed by atoms with Crippen molar-refractivity contribution >= 4 is 5.91 Å². The summed E-state index contributed by atoms with van der Waals surface area (Å²) in [6.07, 6.45) is 2.46. The summed E-state index contributed by atoms with van der Waals surface area (Å²) in [5.74, 6) is 1.66. The summed E-state index contributed by atoms with van der Waals surface area (Å²) >= 11 is 0. The van der Waals surface area contributed by atoms with E-state index >= 15 is 0 Å². The summed E-state index contributed by atoms with van der Waals surface area (Å²) in [6.45, 7) is 3.85. The summed E-state index contributed by atoms with van der Waals surface area (Å²) in [5, 5.41) is 6.39. The van der Waals surface area contributed by atoms with Crippen LogP contribution < -0.4 is 10.6 Å². The highest BCUT2D eigenvalue weighted by molar-refractivity contribution is 5.73. The Morgan fingerprint density at radius 3 is 2.42 bits per heavy atom. The molecule has 1 heterocycles. The van der Waals surface area contributed by atoms with Crippen LogP contribution in [0.3, 0.4) is 0 Å². The molecular weight excluding hydrogens is 152 g/mol. The van der Waals surface area contributed by atoms with Crippen molar-refractivity contribution in [2.24, 2.45) is 11.8 Å². The fourth-order valence-electron chi connectivity index (χ4n) is 2.34. The van der Waals surface area contributed by atoms with Gasteiger partial charge in [0.05, 0.1) is 0 Å². The van der Waals surface area contributed by atoms with Gasteiger partial charge >= 0.3 is 0 Å². The molecule has 0 radical (unpaired) electrons. The Morgan fingerprint density at radius 2 is 1.92 bits per heavy atom. The second-order valence-corrected chi connectivity index (χ2v) is 3.88. The van der Waals surface area contributed by atoms with Crippen LogP contribution in [0.25, 0.3) is 0 Å². The molecular formula is C9H16N2O. The van der Waals surface area contributed by atoms with Crippen molar-refractivity contribution in [3.05, 3.63) is 0 Å². The molecule has 1 amide bonds. The van der Waals surface area contributed by atoms with Crippen molar-refractivity contribution in [1.82, 2.24) is 10.6 Å². The zero-order chi connectivity index (χ0) is 8.55. The number of hydrogen-bond donors (Lipinski definition) is 2. The van der Waals surface area contributed by atoms with E-state index in [-0.39, 0.29) is 5.91 Å². The van der Waals surface area contributed by atoms with Crippen LogP contribution in [0.1, 0.15) is 19.8 Å². The molecule has 1 unspecified atom stereocenters. The van der Waals surface area contributed by atoms with Crippen molar-refractivity contribution in [2.75, 3.05) is 13.1 Å². The minimum absolute atomic E-state index is 0.126. The number of rotatable bonds is 1. The van der Waals surface area contributed by atoms with Crippen molar-refractivity contribution in [1.29, 1.82) is 0 Å². The predicted octanol–water partition coefficient (Wildman–Crippen LogP) is 0.120. The normalized spacial score (nSPS) is 39.6. The summed E-state index contributed by atoms with van der Waals surface area (Å²) < 4.78 is 0. The van der Waals surface area contributed by atoms with Crippen LogP contribution in [-0.4, -0.2) is 25.0 Å². The highest BCUT2D eigenvalue weighted by atomic mass is 16.1. The van der Waals surface area contributed by atoms with E-state index in [1.165, 1.54) is 12.8 Å². The third-order valence-electron chi connectivity index (χ3n) is 3.01. The second-order valence-electron chi connectivity index (χ2n) is 3.88. The fraction of sp³-hybridized carbons (Fsp3) is 0.889. The first kappa shape index (κ1) is 8.05. The van der Waals surface area contributed by atoms with E-state index in [4.69, 9.17) is 0 Å². The summed E-state index contributed by atoms with van der Waals surface area (Å²) in [6, 6.07) is 0.504. The fourth-order valence-corrected chi connectivity index (χ4v) is 2.34. The van der Waals surface area contributed by atoms with Gasteiger partial charge in [-0.05, 0) is 37.8 Å². The standard InChI is InChI=1S/C9H16N2O/c1-6(12)11-9-7-2-4-10-5-3-8(7)9/h7-10H,2-5H2,1H3,(H,11,12)/t7-,8+,9?. The number of amides is 1. The second kappa shape index (κ2) is 3.05. The Hall–Kier alpha value is -0.570. The molecule has 3 heteroatoms. The lowest BCUT2D eigenvalue weighted by Crippen LogP contribution is -2.27. The minimum Gasteiger partial charge on any atom is -0.353 e. The molecule has 0 aromatic rings. The molecule has 68 valence electrons. The van der Waals surface area contributed by atoms with Crippen LogP contribution >= 0.6 is 0 Å². The minimum atomic E-state index is 0.126. The lowest BCUT2D eigenvalue weighted by Gasteiger charge is -2.04. The first-order valence-corrected chi connectivity index (χ1v) is 4.77. The van der Waals surface area contributed by atoms with Gasteiger partial charge in [0, 0.05) is 13.0 Å². The van der Waals surface area contributed by atoms with Crippen LogP contribution in [0.2, 0.25) is 0 Å². The third kappa shape index (κ3) is 1.46. The van der Waals surface area contributed by atoms with Gasteiger partial charge in [-0.15, -0.1) is 0 Å². The average Bonchev–Trinajstić information content (AvgIpc) is 2.66. The van der Waals surface area contributed by atoms with Gasteiger partial charge in [0.1, 0.15) is 0 Å². The monoisotopic (exact) mass is 168 g/mol. The molecule has 12 heavy (non-hydrogen) atoms. The molecule has 2 N–H and O–H groups in total. The maximum Gasteiger partial charge on any atom is 0.217 e. The van der Waals surface area contributed by atoms with Gasteiger partial charge in [0.25, 0.3) is 0 Å². The Kier molecular flexibility index (Phi) is 2.05. The van der Waals surface area contributed by atoms with Crippen molar-refractivity contribution < 1.29 is 4.79 Å². The molecule has 0 bridgehead atoms. The highest BCUT2D eigenvalue weighted by Gasteiger charge is 2.49. The lowest BCUT2D eigenvalue weighted by atomic mass is 10.2. The summed E-state index contributed by atoms with van der Waals surface area (Å²) in [5.41, 5.74) is 0. The Balaban J connectivity index is 1.85. The molecule has 1 saturated carbocycles. The van der Waals surface area contributed by atoms with E-state index in [0.717, 1.165) is 24.9 Å². The van der Waals surface area contributed by atoms with E-state index in [2.05, 4.69) is 10.6 Å². The largest absolute Gasteiger partial charge is 0.353 e. The summed E-state index contributed by atoms with van der Waals surface area (Å²) in [4.78, 5) is 10.8. The molecule has 0 spiro atoms. The molecule has 3 nitrogen and oxygen atoms in total. The van der Waals surface area contributed by atoms with E-state index < -0.39 is 0 Å². The number of hydrogen-bond acceptors (Lipinski definition) is 2. The first-order chi connectivity index (χ1) is 5.79. The predicted molar refractivity (Wildman–Crippen MR) is 46.7 cm³/mol. The van der Waals surface area contributed by atoms with Gasteiger partial charge < -0.3 is 10.6 Å². The SMILES string of the molecule is CC(=O)NC1[C@H]2CCNCC[C@@H]12. The molecule has 0 aromatic carbocycles. The van der Waals surface area contributed by atoms with Crippen molar-refractivity contribution in [2.45, 2.75) is 25.8 Å². The first-order valence-electron chi connectivity index (χ1n) is 4.77. The molecule has 2 aliphatic rings. The maximum absolute atomic E-state index is 10.8. The quantitative estimate of drug-likeness (QED) is 0.584. The smallest absolute Gasteiger partial charge is 0.217 e. The van der Waals surface area contributed by atoms with E-state index in [1.54, 1.807) is 6.92 Å². The molecule has 2 fully saturated rings. The Morgan fingerprint density at radius 1 is 1.33 bits per heavy atom. The topological polar surface area (TPSA) is 41.1 Å². The van der Waals surface area contributed by atoms with Gasteiger partial charge in [0.2, 0.25) is 5.91 Å². The van der Waals surface area contributed by atoms with Gasteiger partial charge in [-0.3, -0.25) is 4.79 Å². The number of carbonyl (C=O) groups excluding carboxylic acids is 1. The molecule has 1 aliphatic heterocycles. The van der Waals surface area contributed by atoms with Crippen LogP contribution in [0, 0.1) is 11.8 Å². The number of nitrogens with one attached hydrogen (secondary N) is 2. The number of carbonyl (C=O) groups is 1. The zero-order valence-corrected chi connectivity index (χ0v) is 7.47. The molecule has 0 aromatic heterocycles. The molecule has 3 atom stereocenters. The molecule has 1 saturated heterocycles. The Labute approximate surface area is 72.9 Å². The maximum atomic E-state index is 10.8. The van der Waals surface area contributed by atoms with Gasteiger partial charge in [0.15, 0.2) is 0 Å². The Bertz CT molecular complexity index is 181. The van der Waals surface area contributed by atoms with E-state index in [1.807, 2.05) is 0 Å².